The number of nitriles is 1. The monoisotopic (exact) mass is 251 g/mol. The summed E-state index contributed by atoms with van der Waals surface area (Å²) in [7, 11) is 0. The van der Waals surface area contributed by atoms with Crippen molar-refractivity contribution in [1.29, 1.82) is 5.26 Å². The Bertz CT molecular complexity index is 454. The second kappa shape index (κ2) is 7.28. The van der Waals surface area contributed by atoms with E-state index < -0.39 is 11.8 Å². The summed E-state index contributed by atoms with van der Waals surface area (Å²) in [6.45, 7) is 0.336. The fraction of sp³-hybridized carbons (Fsp3) is 0.385. The first-order valence-electron chi connectivity index (χ1n) is 5.67. The third-order valence-electron chi connectivity index (χ3n) is 2.35. The van der Waals surface area contributed by atoms with Crippen molar-refractivity contribution >= 4 is 5.97 Å². The van der Waals surface area contributed by atoms with Crippen LogP contribution in [0.4, 0.5) is 4.39 Å². The molecule has 0 saturated carbocycles. The number of rotatable bonds is 7. The second-order valence-electron chi connectivity index (χ2n) is 3.81. The van der Waals surface area contributed by atoms with E-state index in [0.717, 1.165) is 12.5 Å². The molecule has 0 bridgehead atoms. The third kappa shape index (κ3) is 4.83. The van der Waals surface area contributed by atoms with Gasteiger partial charge in [0.1, 0.15) is 0 Å². The minimum Gasteiger partial charge on any atom is -0.491 e. The van der Waals surface area contributed by atoms with Gasteiger partial charge in [0.05, 0.1) is 18.2 Å². The van der Waals surface area contributed by atoms with Gasteiger partial charge in [-0.1, -0.05) is 0 Å². The standard InChI is InChI=1S/C13H14FNO3/c14-11-8-10(9-15)5-6-12(11)18-7-3-1-2-4-13(16)17/h5-6,8H,1-4,7H2,(H,16,17). The molecule has 0 spiro atoms. The highest BCUT2D eigenvalue weighted by Gasteiger charge is 2.04. The molecule has 0 atom stereocenters. The molecular weight excluding hydrogens is 237 g/mol. The zero-order valence-electron chi connectivity index (χ0n) is 9.86. The van der Waals surface area contributed by atoms with E-state index in [2.05, 4.69) is 0 Å². The van der Waals surface area contributed by atoms with Gasteiger partial charge in [-0.05, 0) is 37.5 Å². The lowest BCUT2D eigenvalue weighted by atomic mass is 10.2. The first-order valence-corrected chi connectivity index (χ1v) is 5.67. The molecule has 4 nitrogen and oxygen atoms in total. The Morgan fingerprint density at radius 1 is 1.39 bits per heavy atom. The second-order valence-corrected chi connectivity index (χ2v) is 3.81. The van der Waals surface area contributed by atoms with Crippen molar-refractivity contribution in [3.63, 3.8) is 0 Å². The van der Waals surface area contributed by atoms with Crippen LogP contribution in [0.25, 0.3) is 0 Å². The molecule has 0 heterocycles. The van der Waals surface area contributed by atoms with E-state index in [1.54, 1.807) is 0 Å². The van der Waals surface area contributed by atoms with Gasteiger partial charge in [-0.15, -0.1) is 0 Å². The van der Waals surface area contributed by atoms with Crippen LogP contribution < -0.4 is 4.74 Å². The number of ether oxygens (including phenoxy) is 1. The van der Waals surface area contributed by atoms with Crippen LogP contribution in [0.2, 0.25) is 0 Å². The van der Waals surface area contributed by atoms with E-state index in [0.29, 0.717) is 19.4 Å². The number of carboxylic acids is 1. The molecule has 0 saturated heterocycles. The summed E-state index contributed by atoms with van der Waals surface area (Å²) in [5, 5.41) is 17.0. The van der Waals surface area contributed by atoms with E-state index in [1.807, 2.05) is 6.07 Å². The lowest BCUT2D eigenvalue weighted by Crippen LogP contribution is -2.00. The van der Waals surface area contributed by atoms with Gasteiger partial charge in [-0.3, -0.25) is 4.79 Å². The minimum absolute atomic E-state index is 0.118. The number of hydrogen-bond acceptors (Lipinski definition) is 3. The normalized spacial score (nSPS) is 9.78. The van der Waals surface area contributed by atoms with E-state index in [1.165, 1.54) is 12.1 Å². The van der Waals surface area contributed by atoms with Crippen LogP contribution in [0.15, 0.2) is 18.2 Å². The van der Waals surface area contributed by atoms with Crippen molar-refractivity contribution in [3.05, 3.63) is 29.6 Å². The summed E-state index contributed by atoms with van der Waals surface area (Å²) in [5.74, 6) is -1.25. The van der Waals surface area contributed by atoms with Gasteiger partial charge in [0.2, 0.25) is 0 Å². The van der Waals surface area contributed by atoms with Crippen LogP contribution in [-0.4, -0.2) is 17.7 Å². The van der Waals surface area contributed by atoms with Crippen molar-refractivity contribution in [2.45, 2.75) is 25.7 Å². The third-order valence-corrected chi connectivity index (χ3v) is 2.35. The molecule has 0 aliphatic heterocycles. The van der Waals surface area contributed by atoms with Crippen molar-refractivity contribution in [2.24, 2.45) is 0 Å². The maximum absolute atomic E-state index is 13.4. The number of aliphatic carboxylic acids is 1. The Labute approximate surface area is 105 Å². The van der Waals surface area contributed by atoms with Crippen LogP contribution in [0.1, 0.15) is 31.2 Å². The first kappa shape index (κ1) is 14.0. The molecular formula is C13H14FNO3. The number of halogens is 1. The van der Waals surface area contributed by atoms with Crippen molar-refractivity contribution in [1.82, 2.24) is 0 Å². The highest BCUT2D eigenvalue weighted by atomic mass is 19.1. The Morgan fingerprint density at radius 3 is 2.78 bits per heavy atom. The van der Waals surface area contributed by atoms with Gasteiger partial charge < -0.3 is 9.84 Å². The van der Waals surface area contributed by atoms with E-state index in [4.69, 9.17) is 15.1 Å². The molecule has 0 amide bonds. The molecule has 0 aliphatic carbocycles. The van der Waals surface area contributed by atoms with Gasteiger partial charge in [0.25, 0.3) is 0 Å². The summed E-state index contributed by atoms with van der Waals surface area (Å²) in [5.41, 5.74) is 0.251. The Balaban J connectivity index is 2.27. The van der Waals surface area contributed by atoms with Gasteiger partial charge in [0.15, 0.2) is 11.6 Å². The Kier molecular flexibility index (Phi) is 5.65. The first-order chi connectivity index (χ1) is 8.63. The van der Waals surface area contributed by atoms with Crippen LogP contribution in [0.5, 0.6) is 5.75 Å². The summed E-state index contributed by atoms with van der Waals surface area (Å²) in [6, 6.07) is 5.87. The van der Waals surface area contributed by atoms with Gasteiger partial charge in [0, 0.05) is 6.42 Å². The number of carbonyl (C=O) groups is 1. The van der Waals surface area contributed by atoms with Gasteiger partial charge in [-0.25, -0.2) is 4.39 Å². The number of carboxylic acid groups (broad SMARTS) is 1. The molecule has 0 aromatic heterocycles. The fourth-order valence-corrected chi connectivity index (χ4v) is 1.42. The molecule has 1 rings (SSSR count). The molecule has 1 N–H and O–H groups in total. The lowest BCUT2D eigenvalue weighted by molar-refractivity contribution is -0.137. The Hall–Kier alpha value is -2.09. The van der Waals surface area contributed by atoms with Crippen LogP contribution >= 0.6 is 0 Å². The van der Waals surface area contributed by atoms with Crippen molar-refractivity contribution < 1.29 is 19.0 Å². The predicted molar refractivity (Wildman–Crippen MR) is 62.7 cm³/mol. The largest absolute Gasteiger partial charge is 0.491 e. The maximum Gasteiger partial charge on any atom is 0.303 e. The van der Waals surface area contributed by atoms with E-state index in [-0.39, 0.29) is 17.7 Å². The van der Waals surface area contributed by atoms with Crippen molar-refractivity contribution in [3.8, 4) is 11.8 Å². The molecule has 0 radical (unpaired) electrons. The average molecular weight is 251 g/mol. The molecule has 0 fully saturated rings. The predicted octanol–water partition coefficient (Wildman–Crippen LogP) is 2.72. The molecule has 1 aromatic carbocycles. The molecule has 0 aliphatic rings. The number of benzene rings is 1. The molecule has 5 heteroatoms. The maximum atomic E-state index is 13.4. The van der Waals surface area contributed by atoms with Crippen LogP contribution in [0, 0.1) is 17.1 Å². The van der Waals surface area contributed by atoms with E-state index >= 15 is 0 Å². The molecule has 1 aromatic rings. The highest BCUT2D eigenvalue weighted by molar-refractivity contribution is 5.66. The lowest BCUT2D eigenvalue weighted by Gasteiger charge is -2.06. The fourth-order valence-electron chi connectivity index (χ4n) is 1.42. The van der Waals surface area contributed by atoms with Gasteiger partial charge >= 0.3 is 5.97 Å². The summed E-state index contributed by atoms with van der Waals surface area (Å²) in [6.07, 6.45) is 2.14. The average Bonchev–Trinajstić information content (AvgIpc) is 2.34. The quantitative estimate of drug-likeness (QED) is 0.756. The molecule has 18 heavy (non-hydrogen) atoms. The summed E-state index contributed by atoms with van der Waals surface area (Å²) >= 11 is 0. The molecule has 96 valence electrons. The summed E-state index contributed by atoms with van der Waals surface area (Å²) in [4.78, 5) is 10.3. The van der Waals surface area contributed by atoms with Crippen LogP contribution in [0.3, 0.4) is 0 Å². The smallest absolute Gasteiger partial charge is 0.303 e. The van der Waals surface area contributed by atoms with E-state index in [9.17, 15) is 9.18 Å². The zero-order valence-corrected chi connectivity index (χ0v) is 9.86. The highest BCUT2D eigenvalue weighted by Crippen LogP contribution is 2.18. The van der Waals surface area contributed by atoms with Gasteiger partial charge in [-0.2, -0.15) is 5.26 Å². The Morgan fingerprint density at radius 2 is 2.17 bits per heavy atom. The number of nitrogens with zero attached hydrogens (tertiary/aromatic N) is 1. The zero-order chi connectivity index (χ0) is 13.4. The molecule has 0 unspecified atom stereocenters. The SMILES string of the molecule is N#Cc1ccc(OCCCCCC(=O)O)c(F)c1. The number of hydrogen-bond donors (Lipinski definition) is 1. The van der Waals surface area contributed by atoms with Crippen molar-refractivity contribution in [2.75, 3.05) is 6.61 Å². The summed E-state index contributed by atoms with van der Waals surface area (Å²) < 4.78 is 18.6. The number of unbranched alkanes of at least 4 members (excludes halogenated alkanes) is 2. The topological polar surface area (TPSA) is 70.3 Å². The van der Waals surface area contributed by atoms with Crippen LogP contribution in [-0.2, 0) is 4.79 Å². The minimum atomic E-state index is -0.811.